The molecule has 1 aliphatic carbocycles. The van der Waals surface area contributed by atoms with Gasteiger partial charge in [-0.3, -0.25) is 4.79 Å². The first-order chi connectivity index (χ1) is 12.7. The number of amides is 1. The summed E-state index contributed by atoms with van der Waals surface area (Å²) in [5.74, 6) is 0.676. The third-order valence-electron chi connectivity index (χ3n) is 4.52. The van der Waals surface area contributed by atoms with E-state index in [4.69, 9.17) is 4.74 Å². The first-order valence-electron chi connectivity index (χ1n) is 8.61. The maximum atomic E-state index is 11.8. The van der Waals surface area contributed by atoms with Crippen LogP contribution in [0.2, 0.25) is 0 Å². The fourth-order valence-electron chi connectivity index (χ4n) is 3.17. The third kappa shape index (κ3) is 3.89. The Morgan fingerprint density at radius 1 is 1.15 bits per heavy atom. The largest absolute Gasteiger partial charge is 0.489 e. The van der Waals surface area contributed by atoms with Gasteiger partial charge in [-0.1, -0.05) is 42.1 Å². The van der Waals surface area contributed by atoms with E-state index in [1.165, 1.54) is 59.5 Å². The summed E-state index contributed by atoms with van der Waals surface area (Å²) >= 11 is 2.92. The van der Waals surface area contributed by atoms with Gasteiger partial charge in [0, 0.05) is 0 Å². The standard InChI is InChI=1S/C21H19NO2S2/c1-25-21-22-20(23)19(26-21)12-14-6-9-18(10-7-14)24-13-15-5-8-16-3-2-4-17(16)11-15/h5-12H,2-4,13H2,1H3. The lowest BCUT2D eigenvalue weighted by Gasteiger charge is -2.08. The third-order valence-corrected chi connectivity index (χ3v) is 6.49. The Bertz CT molecular complexity index is 901. The molecule has 132 valence electrons. The minimum atomic E-state index is -0.156. The molecule has 26 heavy (non-hydrogen) atoms. The lowest BCUT2D eigenvalue weighted by molar-refractivity contribution is -0.113. The van der Waals surface area contributed by atoms with Crippen LogP contribution < -0.4 is 4.74 Å². The van der Waals surface area contributed by atoms with E-state index < -0.39 is 0 Å². The van der Waals surface area contributed by atoms with Crippen LogP contribution in [0.15, 0.2) is 52.4 Å². The second kappa shape index (κ2) is 7.72. The van der Waals surface area contributed by atoms with Crippen LogP contribution in [-0.4, -0.2) is 16.5 Å². The Labute approximate surface area is 161 Å². The van der Waals surface area contributed by atoms with Crippen LogP contribution in [-0.2, 0) is 24.2 Å². The number of aryl methyl sites for hydroxylation is 2. The van der Waals surface area contributed by atoms with E-state index in [-0.39, 0.29) is 5.91 Å². The molecule has 0 N–H and O–H groups in total. The van der Waals surface area contributed by atoms with Gasteiger partial charge >= 0.3 is 0 Å². The number of hydrogen-bond acceptors (Lipinski definition) is 4. The summed E-state index contributed by atoms with van der Waals surface area (Å²) in [4.78, 5) is 16.5. The van der Waals surface area contributed by atoms with Gasteiger partial charge in [0.2, 0.25) is 0 Å². The molecule has 0 saturated heterocycles. The number of carbonyl (C=O) groups is 1. The summed E-state index contributed by atoms with van der Waals surface area (Å²) in [5, 5.41) is 0. The van der Waals surface area contributed by atoms with Gasteiger partial charge in [-0.25, -0.2) is 0 Å². The van der Waals surface area contributed by atoms with Crippen molar-refractivity contribution < 1.29 is 9.53 Å². The minimum Gasteiger partial charge on any atom is -0.489 e. The smallest absolute Gasteiger partial charge is 0.285 e. The Hall–Kier alpha value is -1.98. The molecule has 3 nitrogen and oxygen atoms in total. The number of carbonyl (C=O) groups excluding carboxylic acids is 1. The van der Waals surface area contributed by atoms with Crippen molar-refractivity contribution >= 4 is 39.9 Å². The molecule has 1 aliphatic heterocycles. The molecule has 0 radical (unpaired) electrons. The molecule has 0 unspecified atom stereocenters. The number of rotatable bonds is 4. The summed E-state index contributed by atoms with van der Waals surface area (Å²) in [7, 11) is 0. The van der Waals surface area contributed by atoms with Gasteiger partial charge in [-0.05, 0) is 66.0 Å². The second-order valence-corrected chi connectivity index (χ2v) is 8.40. The lowest BCUT2D eigenvalue weighted by atomic mass is 10.1. The minimum absolute atomic E-state index is 0.156. The molecule has 0 bridgehead atoms. The molecule has 1 amide bonds. The summed E-state index contributed by atoms with van der Waals surface area (Å²) in [5.41, 5.74) is 5.15. The molecule has 0 fully saturated rings. The van der Waals surface area contributed by atoms with Gasteiger partial charge < -0.3 is 4.74 Å². The predicted molar refractivity (Wildman–Crippen MR) is 111 cm³/mol. The molecule has 0 saturated carbocycles. The number of aliphatic imine (C=N–C) groups is 1. The molecule has 0 atom stereocenters. The molecule has 4 rings (SSSR count). The average molecular weight is 382 g/mol. The van der Waals surface area contributed by atoms with Gasteiger partial charge in [0.1, 0.15) is 16.7 Å². The Morgan fingerprint density at radius 2 is 1.96 bits per heavy atom. The molecular formula is C21H19NO2S2. The number of hydrogen-bond donors (Lipinski definition) is 0. The Morgan fingerprint density at radius 3 is 2.73 bits per heavy atom. The van der Waals surface area contributed by atoms with Gasteiger partial charge in [-0.15, -0.1) is 11.8 Å². The van der Waals surface area contributed by atoms with Gasteiger partial charge in [0.15, 0.2) is 0 Å². The van der Waals surface area contributed by atoms with E-state index in [0.29, 0.717) is 11.5 Å². The molecule has 2 aromatic carbocycles. The van der Waals surface area contributed by atoms with Crippen LogP contribution in [0, 0.1) is 0 Å². The molecule has 0 spiro atoms. The quantitative estimate of drug-likeness (QED) is 0.692. The van der Waals surface area contributed by atoms with Crippen molar-refractivity contribution in [3.8, 4) is 5.75 Å². The number of benzene rings is 2. The van der Waals surface area contributed by atoms with E-state index in [1.807, 2.05) is 36.6 Å². The Kier molecular flexibility index (Phi) is 5.18. The number of ether oxygens (including phenoxy) is 1. The number of fused-ring (bicyclic) bond motifs is 1. The van der Waals surface area contributed by atoms with Crippen LogP contribution in [0.1, 0.15) is 28.7 Å². The number of thioether (sulfide) groups is 2. The molecular weight excluding hydrogens is 362 g/mol. The molecule has 2 aliphatic rings. The average Bonchev–Trinajstić information content (AvgIpc) is 3.27. The molecule has 5 heteroatoms. The molecule has 0 aromatic heterocycles. The summed E-state index contributed by atoms with van der Waals surface area (Å²) in [6.45, 7) is 0.576. The Balaban J connectivity index is 1.38. The van der Waals surface area contributed by atoms with Crippen LogP contribution in [0.5, 0.6) is 5.75 Å². The predicted octanol–water partition coefficient (Wildman–Crippen LogP) is 5.09. The van der Waals surface area contributed by atoms with Gasteiger partial charge in [0.05, 0.1) is 4.91 Å². The summed E-state index contributed by atoms with van der Waals surface area (Å²) in [6, 6.07) is 14.5. The zero-order valence-corrected chi connectivity index (χ0v) is 16.2. The lowest BCUT2D eigenvalue weighted by Crippen LogP contribution is -1.97. The highest BCUT2D eigenvalue weighted by Crippen LogP contribution is 2.32. The van der Waals surface area contributed by atoms with Crippen LogP contribution in [0.4, 0.5) is 0 Å². The summed E-state index contributed by atoms with van der Waals surface area (Å²) < 4.78 is 6.72. The van der Waals surface area contributed by atoms with E-state index in [9.17, 15) is 4.79 Å². The first kappa shape index (κ1) is 17.4. The maximum absolute atomic E-state index is 11.8. The van der Waals surface area contributed by atoms with E-state index >= 15 is 0 Å². The normalized spacial score (nSPS) is 17.5. The van der Waals surface area contributed by atoms with E-state index in [2.05, 4.69) is 23.2 Å². The van der Waals surface area contributed by atoms with Crippen LogP contribution in [0.25, 0.3) is 6.08 Å². The van der Waals surface area contributed by atoms with Crippen molar-refractivity contribution in [3.05, 3.63) is 69.6 Å². The van der Waals surface area contributed by atoms with Crippen molar-refractivity contribution in [2.45, 2.75) is 25.9 Å². The van der Waals surface area contributed by atoms with Crippen molar-refractivity contribution in [1.82, 2.24) is 0 Å². The van der Waals surface area contributed by atoms with Crippen molar-refractivity contribution in [1.29, 1.82) is 0 Å². The van der Waals surface area contributed by atoms with Crippen LogP contribution >= 0.6 is 23.5 Å². The SMILES string of the molecule is CSC1=NC(=O)C(=Cc2ccc(OCc3ccc4c(c3)CCC4)cc2)S1. The zero-order chi connectivity index (χ0) is 17.9. The zero-order valence-electron chi connectivity index (χ0n) is 14.5. The van der Waals surface area contributed by atoms with Crippen molar-refractivity contribution in [2.24, 2.45) is 4.99 Å². The summed E-state index contributed by atoms with van der Waals surface area (Å²) in [6.07, 6.45) is 7.46. The van der Waals surface area contributed by atoms with Gasteiger partial charge in [-0.2, -0.15) is 4.99 Å². The first-order valence-corrected chi connectivity index (χ1v) is 10.7. The highest BCUT2D eigenvalue weighted by molar-refractivity contribution is 8.40. The van der Waals surface area contributed by atoms with Crippen LogP contribution in [0.3, 0.4) is 0 Å². The van der Waals surface area contributed by atoms with E-state index in [0.717, 1.165) is 15.7 Å². The second-order valence-electron chi connectivity index (χ2n) is 6.31. The fraction of sp³-hybridized carbons (Fsp3) is 0.238. The fourth-order valence-corrected chi connectivity index (χ4v) is 4.59. The highest BCUT2D eigenvalue weighted by Gasteiger charge is 2.20. The topological polar surface area (TPSA) is 38.7 Å². The number of nitrogens with zero attached hydrogens (tertiary/aromatic N) is 1. The molecule has 1 heterocycles. The maximum Gasteiger partial charge on any atom is 0.285 e. The highest BCUT2D eigenvalue weighted by atomic mass is 32.2. The van der Waals surface area contributed by atoms with Crippen molar-refractivity contribution in [3.63, 3.8) is 0 Å². The van der Waals surface area contributed by atoms with Gasteiger partial charge in [0.25, 0.3) is 5.91 Å². The van der Waals surface area contributed by atoms with Crippen molar-refractivity contribution in [2.75, 3.05) is 6.26 Å². The monoisotopic (exact) mass is 381 g/mol. The van der Waals surface area contributed by atoms with E-state index in [1.54, 1.807) is 0 Å². The molecule has 2 aromatic rings.